The van der Waals surface area contributed by atoms with Crippen LogP contribution < -0.4 is 10.2 Å². The maximum absolute atomic E-state index is 6.45. The van der Waals surface area contributed by atoms with Crippen molar-refractivity contribution < 1.29 is 0 Å². The third-order valence-corrected chi connectivity index (χ3v) is 4.07. The molecule has 0 aliphatic carbocycles. The lowest BCUT2D eigenvalue weighted by Gasteiger charge is -2.33. The number of hydrogen-bond acceptors (Lipinski definition) is 2. The molecule has 1 aromatic rings. The number of anilines is 1. The zero-order chi connectivity index (χ0) is 13.7. The molecule has 106 valence electrons. The van der Waals surface area contributed by atoms with Crippen LogP contribution >= 0.6 is 11.6 Å². The fraction of sp³-hybridized carbons (Fsp3) is 0.625. The van der Waals surface area contributed by atoms with Gasteiger partial charge < -0.3 is 10.2 Å². The van der Waals surface area contributed by atoms with E-state index < -0.39 is 0 Å². The number of nitrogens with one attached hydrogen (secondary N) is 1. The lowest BCUT2D eigenvalue weighted by molar-refractivity contribution is 0.447. The SMILES string of the molecule is CCCNCc1ccc(N2CCCC(C)C2)c(Cl)c1. The average molecular weight is 281 g/mol. The van der Waals surface area contributed by atoms with Crippen LogP contribution in [-0.2, 0) is 6.54 Å². The Kier molecular flexibility index (Phi) is 5.53. The molecule has 0 aromatic heterocycles. The molecule has 2 nitrogen and oxygen atoms in total. The van der Waals surface area contributed by atoms with Gasteiger partial charge in [0.25, 0.3) is 0 Å². The highest BCUT2D eigenvalue weighted by Crippen LogP contribution is 2.30. The number of halogens is 1. The predicted octanol–water partition coefficient (Wildman–Crippen LogP) is 4.08. The number of piperidine rings is 1. The Labute approximate surface area is 122 Å². The standard InChI is InChI=1S/C16H25ClN2/c1-3-8-18-11-14-6-7-16(15(17)10-14)19-9-4-5-13(2)12-19/h6-7,10,13,18H,3-5,8-9,11-12H2,1-2H3. The Bertz CT molecular complexity index is 406. The molecule has 1 saturated heterocycles. The van der Waals surface area contributed by atoms with Gasteiger partial charge in [-0.25, -0.2) is 0 Å². The molecule has 1 atom stereocenters. The molecule has 0 radical (unpaired) electrons. The molecule has 1 aromatic carbocycles. The number of rotatable bonds is 5. The van der Waals surface area contributed by atoms with Gasteiger partial charge in [0.2, 0.25) is 0 Å². The van der Waals surface area contributed by atoms with E-state index in [-0.39, 0.29) is 0 Å². The highest BCUT2D eigenvalue weighted by Gasteiger charge is 2.18. The number of benzene rings is 1. The Morgan fingerprint density at radius 1 is 1.42 bits per heavy atom. The second kappa shape index (κ2) is 7.16. The highest BCUT2D eigenvalue weighted by atomic mass is 35.5. The summed E-state index contributed by atoms with van der Waals surface area (Å²) >= 11 is 6.45. The van der Waals surface area contributed by atoms with E-state index in [0.29, 0.717) is 0 Å². The lowest BCUT2D eigenvalue weighted by atomic mass is 9.99. The van der Waals surface area contributed by atoms with E-state index in [1.807, 2.05) is 0 Å². The zero-order valence-electron chi connectivity index (χ0n) is 12.1. The van der Waals surface area contributed by atoms with Gasteiger partial charge >= 0.3 is 0 Å². The van der Waals surface area contributed by atoms with Crippen LogP contribution in [0.4, 0.5) is 5.69 Å². The first-order valence-corrected chi connectivity index (χ1v) is 7.82. The van der Waals surface area contributed by atoms with Crippen molar-refractivity contribution in [3.05, 3.63) is 28.8 Å². The van der Waals surface area contributed by atoms with E-state index in [9.17, 15) is 0 Å². The van der Waals surface area contributed by atoms with Gasteiger partial charge in [-0.2, -0.15) is 0 Å². The van der Waals surface area contributed by atoms with Gasteiger partial charge in [-0.15, -0.1) is 0 Å². The van der Waals surface area contributed by atoms with Crippen molar-refractivity contribution in [1.29, 1.82) is 0 Å². The van der Waals surface area contributed by atoms with Gasteiger partial charge in [-0.1, -0.05) is 31.5 Å². The first-order valence-electron chi connectivity index (χ1n) is 7.44. The van der Waals surface area contributed by atoms with Crippen molar-refractivity contribution in [3.8, 4) is 0 Å². The number of hydrogen-bond donors (Lipinski definition) is 1. The molecule has 2 rings (SSSR count). The van der Waals surface area contributed by atoms with Gasteiger partial charge in [-0.3, -0.25) is 0 Å². The van der Waals surface area contributed by atoms with E-state index in [1.54, 1.807) is 0 Å². The summed E-state index contributed by atoms with van der Waals surface area (Å²) in [5, 5.41) is 4.31. The minimum atomic E-state index is 0.774. The van der Waals surface area contributed by atoms with Crippen molar-refractivity contribution >= 4 is 17.3 Å². The average Bonchev–Trinajstić information content (AvgIpc) is 2.39. The van der Waals surface area contributed by atoms with Crippen LogP contribution in [0.5, 0.6) is 0 Å². The Morgan fingerprint density at radius 3 is 2.95 bits per heavy atom. The summed E-state index contributed by atoms with van der Waals surface area (Å²) in [5.41, 5.74) is 2.47. The van der Waals surface area contributed by atoms with E-state index in [1.165, 1.54) is 24.1 Å². The molecule has 1 heterocycles. The van der Waals surface area contributed by atoms with Crippen molar-refractivity contribution in [2.75, 3.05) is 24.5 Å². The maximum Gasteiger partial charge on any atom is 0.0642 e. The minimum Gasteiger partial charge on any atom is -0.370 e. The van der Waals surface area contributed by atoms with E-state index in [0.717, 1.165) is 43.5 Å². The summed E-state index contributed by atoms with van der Waals surface area (Å²) in [6.07, 6.45) is 3.78. The summed E-state index contributed by atoms with van der Waals surface area (Å²) in [6.45, 7) is 8.74. The summed E-state index contributed by atoms with van der Waals surface area (Å²) in [5.74, 6) is 0.774. The van der Waals surface area contributed by atoms with Gasteiger partial charge in [0.05, 0.1) is 10.7 Å². The fourth-order valence-electron chi connectivity index (χ4n) is 2.73. The summed E-state index contributed by atoms with van der Waals surface area (Å²) in [6, 6.07) is 6.49. The molecule has 0 bridgehead atoms. The monoisotopic (exact) mass is 280 g/mol. The van der Waals surface area contributed by atoms with Crippen molar-refractivity contribution in [2.45, 2.75) is 39.7 Å². The van der Waals surface area contributed by atoms with E-state index >= 15 is 0 Å². The van der Waals surface area contributed by atoms with Crippen molar-refractivity contribution in [3.63, 3.8) is 0 Å². The molecule has 19 heavy (non-hydrogen) atoms. The van der Waals surface area contributed by atoms with Crippen LogP contribution in [0.2, 0.25) is 5.02 Å². The molecule has 1 fully saturated rings. The third kappa shape index (κ3) is 4.12. The Hall–Kier alpha value is -0.730. The molecular weight excluding hydrogens is 256 g/mol. The first-order chi connectivity index (χ1) is 9.20. The van der Waals surface area contributed by atoms with Crippen LogP contribution in [-0.4, -0.2) is 19.6 Å². The molecule has 1 aliphatic heterocycles. The summed E-state index contributed by atoms with van der Waals surface area (Å²) in [7, 11) is 0. The minimum absolute atomic E-state index is 0.774. The molecule has 0 amide bonds. The number of nitrogens with zero attached hydrogens (tertiary/aromatic N) is 1. The van der Waals surface area contributed by atoms with Crippen LogP contribution in [0.3, 0.4) is 0 Å². The smallest absolute Gasteiger partial charge is 0.0642 e. The van der Waals surface area contributed by atoms with Crippen LogP contribution in [0.1, 0.15) is 38.7 Å². The Morgan fingerprint density at radius 2 is 2.26 bits per heavy atom. The van der Waals surface area contributed by atoms with E-state index in [4.69, 9.17) is 11.6 Å². The van der Waals surface area contributed by atoms with Crippen LogP contribution in [0, 0.1) is 5.92 Å². The van der Waals surface area contributed by atoms with Crippen molar-refractivity contribution in [2.24, 2.45) is 5.92 Å². The second-order valence-corrected chi connectivity index (χ2v) is 6.06. The quantitative estimate of drug-likeness (QED) is 0.818. The third-order valence-electron chi connectivity index (χ3n) is 3.77. The molecule has 1 N–H and O–H groups in total. The molecular formula is C16H25ClN2. The fourth-order valence-corrected chi connectivity index (χ4v) is 3.06. The summed E-state index contributed by atoms with van der Waals surface area (Å²) < 4.78 is 0. The summed E-state index contributed by atoms with van der Waals surface area (Å²) in [4.78, 5) is 2.43. The largest absolute Gasteiger partial charge is 0.370 e. The zero-order valence-corrected chi connectivity index (χ0v) is 12.8. The van der Waals surface area contributed by atoms with Gasteiger partial charge in [-0.05, 0) is 49.4 Å². The van der Waals surface area contributed by atoms with Gasteiger partial charge in [0.15, 0.2) is 0 Å². The van der Waals surface area contributed by atoms with E-state index in [2.05, 4.69) is 42.3 Å². The molecule has 1 aliphatic rings. The van der Waals surface area contributed by atoms with Crippen LogP contribution in [0.25, 0.3) is 0 Å². The first kappa shape index (κ1) is 14.7. The van der Waals surface area contributed by atoms with Gasteiger partial charge in [0.1, 0.15) is 0 Å². The normalized spacial score (nSPS) is 19.7. The van der Waals surface area contributed by atoms with Gasteiger partial charge in [0, 0.05) is 19.6 Å². The van der Waals surface area contributed by atoms with Crippen molar-refractivity contribution in [1.82, 2.24) is 5.32 Å². The molecule has 0 spiro atoms. The molecule has 3 heteroatoms. The molecule has 1 unspecified atom stereocenters. The predicted molar refractivity (Wildman–Crippen MR) is 84.1 cm³/mol. The highest BCUT2D eigenvalue weighted by molar-refractivity contribution is 6.33. The Balaban J connectivity index is 2.02. The van der Waals surface area contributed by atoms with Crippen LogP contribution in [0.15, 0.2) is 18.2 Å². The maximum atomic E-state index is 6.45. The topological polar surface area (TPSA) is 15.3 Å². The molecule has 0 saturated carbocycles. The second-order valence-electron chi connectivity index (χ2n) is 5.66. The lowest BCUT2D eigenvalue weighted by Crippen LogP contribution is -2.34.